The molecule has 0 radical (unpaired) electrons. The highest BCUT2D eigenvalue weighted by molar-refractivity contribution is 5.31. The highest BCUT2D eigenvalue weighted by Crippen LogP contribution is 2.22. The van der Waals surface area contributed by atoms with Gasteiger partial charge in [-0.25, -0.2) is 9.97 Å². The second kappa shape index (κ2) is 7.40. The zero-order chi connectivity index (χ0) is 13.5. The van der Waals surface area contributed by atoms with Crippen molar-refractivity contribution in [3.05, 3.63) is 18.0 Å². The summed E-state index contributed by atoms with van der Waals surface area (Å²) in [7, 11) is 1.71. The van der Waals surface area contributed by atoms with Crippen molar-refractivity contribution in [2.24, 2.45) is 5.92 Å². The SMILES string of the molecule is CCC1CCN(c2ncc(CNCCOC)cn2)C1. The molecular formula is C14H24N4O. The molecule has 1 aliphatic heterocycles. The standard InChI is InChI=1S/C14H24N4O/c1-3-12-4-6-18(11-12)14-16-9-13(10-17-14)8-15-5-7-19-2/h9-10,12,15H,3-8,11H2,1-2H3. The Morgan fingerprint density at radius 3 is 2.84 bits per heavy atom. The average molecular weight is 264 g/mol. The van der Waals surface area contributed by atoms with Crippen molar-refractivity contribution < 1.29 is 4.74 Å². The van der Waals surface area contributed by atoms with Crippen molar-refractivity contribution in [1.82, 2.24) is 15.3 Å². The lowest BCUT2D eigenvalue weighted by Crippen LogP contribution is -2.22. The maximum atomic E-state index is 4.99. The molecule has 19 heavy (non-hydrogen) atoms. The first-order chi connectivity index (χ1) is 9.33. The Bertz CT molecular complexity index is 368. The number of nitrogens with zero attached hydrogens (tertiary/aromatic N) is 3. The molecule has 1 aromatic rings. The second-order valence-electron chi connectivity index (χ2n) is 5.07. The lowest BCUT2D eigenvalue weighted by Gasteiger charge is -2.16. The van der Waals surface area contributed by atoms with E-state index in [1.54, 1.807) is 7.11 Å². The monoisotopic (exact) mass is 264 g/mol. The first-order valence-corrected chi connectivity index (χ1v) is 7.09. The number of aromatic nitrogens is 2. The van der Waals surface area contributed by atoms with Crippen molar-refractivity contribution >= 4 is 5.95 Å². The van der Waals surface area contributed by atoms with Gasteiger partial charge in [0.05, 0.1) is 6.61 Å². The van der Waals surface area contributed by atoms with Crippen LogP contribution < -0.4 is 10.2 Å². The van der Waals surface area contributed by atoms with Crippen molar-refractivity contribution in [3.63, 3.8) is 0 Å². The smallest absolute Gasteiger partial charge is 0.225 e. The van der Waals surface area contributed by atoms with Gasteiger partial charge in [-0.05, 0) is 12.3 Å². The molecule has 1 unspecified atom stereocenters. The second-order valence-corrected chi connectivity index (χ2v) is 5.07. The van der Waals surface area contributed by atoms with Crippen LogP contribution in [0.25, 0.3) is 0 Å². The van der Waals surface area contributed by atoms with E-state index in [4.69, 9.17) is 4.74 Å². The summed E-state index contributed by atoms with van der Waals surface area (Å²) in [5, 5.41) is 3.29. The molecule has 1 fully saturated rings. The first-order valence-electron chi connectivity index (χ1n) is 7.09. The number of rotatable bonds is 7. The maximum absolute atomic E-state index is 4.99. The van der Waals surface area contributed by atoms with Crippen LogP contribution in [0.3, 0.4) is 0 Å². The molecule has 0 spiro atoms. The van der Waals surface area contributed by atoms with E-state index in [1.807, 2.05) is 12.4 Å². The Kier molecular flexibility index (Phi) is 5.54. The van der Waals surface area contributed by atoms with E-state index in [0.717, 1.165) is 50.2 Å². The Hall–Kier alpha value is -1.20. The molecule has 1 saturated heterocycles. The third kappa shape index (κ3) is 4.14. The predicted octanol–water partition coefficient (Wildman–Crippen LogP) is 1.45. The molecule has 0 bridgehead atoms. The molecule has 5 heteroatoms. The minimum absolute atomic E-state index is 0.727. The van der Waals surface area contributed by atoms with Gasteiger partial charge >= 0.3 is 0 Å². The highest BCUT2D eigenvalue weighted by atomic mass is 16.5. The van der Waals surface area contributed by atoms with Crippen LogP contribution in [0.2, 0.25) is 0 Å². The van der Waals surface area contributed by atoms with Gasteiger partial charge < -0.3 is 15.0 Å². The topological polar surface area (TPSA) is 50.3 Å². The van der Waals surface area contributed by atoms with E-state index in [9.17, 15) is 0 Å². The average Bonchev–Trinajstić information content (AvgIpc) is 2.93. The van der Waals surface area contributed by atoms with Crippen LogP contribution in [-0.2, 0) is 11.3 Å². The molecule has 0 aromatic carbocycles. The lowest BCUT2D eigenvalue weighted by atomic mass is 10.1. The number of anilines is 1. The fraction of sp³-hybridized carbons (Fsp3) is 0.714. The van der Waals surface area contributed by atoms with Gasteiger partial charge in [0.15, 0.2) is 0 Å². The van der Waals surface area contributed by atoms with Crippen molar-refractivity contribution in [2.75, 3.05) is 38.3 Å². The number of nitrogens with one attached hydrogen (secondary N) is 1. The summed E-state index contributed by atoms with van der Waals surface area (Å²) >= 11 is 0. The van der Waals surface area contributed by atoms with E-state index >= 15 is 0 Å². The Balaban J connectivity index is 1.81. The summed E-state index contributed by atoms with van der Waals surface area (Å²) < 4.78 is 4.99. The number of hydrogen-bond donors (Lipinski definition) is 1. The zero-order valence-electron chi connectivity index (χ0n) is 11.9. The third-order valence-corrected chi connectivity index (χ3v) is 3.65. The van der Waals surface area contributed by atoms with Crippen molar-refractivity contribution in [1.29, 1.82) is 0 Å². The lowest BCUT2D eigenvalue weighted by molar-refractivity contribution is 0.199. The number of methoxy groups -OCH3 is 1. The number of ether oxygens (including phenoxy) is 1. The van der Waals surface area contributed by atoms with Gasteiger partial charge in [-0.15, -0.1) is 0 Å². The summed E-state index contributed by atoms with van der Waals surface area (Å²) in [5.41, 5.74) is 1.12. The van der Waals surface area contributed by atoms with Crippen molar-refractivity contribution in [2.45, 2.75) is 26.3 Å². The summed E-state index contributed by atoms with van der Waals surface area (Å²) in [4.78, 5) is 11.2. The van der Waals surface area contributed by atoms with Crippen LogP contribution in [0, 0.1) is 5.92 Å². The summed E-state index contributed by atoms with van der Waals surface area (Å²) in [6.07, 6.45) is 6.35. The van der Waals surface area contributed by atoms with E-state index in [2.05, 4.69) is 27.1 Å². The van der Waals surface area contributed by atoms with Gasteiger partial charge in [-0.1, -0.05) is 13.3 Å². The van der Waals surface area contributed by atoms with Crippen LogP contribution in [0.5, 0.6) is 0 Å². The Labute approximate surface area is 115 Å². The molecule has 0 amide bonds. The molecule has 5 nitrogen and oxygen atoms in total. The summed E-state index contributed by atoms with van der Waals surface area (Å²) in [5.74, 6) is 1.68. The fourth-order valence-electron chi connectivity index (χ4n) is 2.36. The van der Waals surface area contributed by atoms with E-state index < -0.39 is 0 Å². The molecule has 1 N–H and O–H groups in total. The van der Waals surface area contributed by atoms with Gasteiger partial charge in [-0.2, -0.15) is 0 Å². The molecule has 2 heterocycles. The normalized spacial score (nSPS) is 19.1. The van der Waals surface area contributed by atoms with E-state index in [1.165, 1.54) is 12.8 Å². The van der Waals surface area contributed by atoms with Gasteiger partial charge in [0.1, 0.15) is 0 Å². The Morgan fingerprint density at radius 2 is 2.21 bits per heavy atom. The predicted molar refractivity (Wildman–Crippen MR) is 76.2 cm³/mol. The largest absolute Gasteiger partial charge is 0.383 e. The van der Waals surface area contributed by atoms with Crippen molar-refractivity contribution in [3.8, 4) is 0 Å². The van der Waals surface area contributed by atoms with Gasteiger partial charge in [0.25, 0.3) is 0 Å². The maximum Gasteiger partial charge on any atom is 0.225 e. The molecule has 1 aromatic heterocycles. The van der Waals surface area contributed by atoms with Crippen LogP contribution in [0.1, 0.15) is 25.3 Å². The third-order valence-electron chi connectivity index (χ3n) is 3.65. The first kappa shape index (κ1) is 14.2. The van der Waals surface area contributed by atoms with Gasteiger partial charge in [-0.3, -0.25) is 0 Å². The molecule has 0 saturated carbocycles. The van der Waals surface area contributed by atoms with Gasteiger partial charge in [0, 0.05) is 51.2 Å². The quantitative estimate of drug-likeness (QED) is 0.755. The summed E-state index contributed by atoms with van der Waals surface area (Å²) in [6.45, 7) is 6.81. The Morgan fingerprint density at radius 1 is 1.42 bits per heavy atom. The van der Waals surface area contributed by atoms with Crippen LogP contribution in [0.15, 0.2) is 12.4 Å². The molecule has 1 atom stereocenters. The molecular weight excluding hydrogens is 240 g/mol. The molecule has 2 rings (SSSR count). The van der Waals surface area contributed by atoms with Crippen LogP contribution in [-0.4, -0.2) is 43.3 Å². The fourth-order valence-corrected chi connectivity index (χ4v) is 2.36. The van der Waals surface area contributed by atoms with E-state index in [0.29, 0.717) is 0 Å². The minimum Gasteiger partial charge on any atom is -0.383 e. The van der Waals surface area contributed by atoms with Crippen LogP contribution >= 0.6 is 0 Å². The molecule has 0 aliphatic carbocycles. The van der Waals surface area contributed by atoms with Crippen LogP contribution in [0.4, 0.5) is 5.95 Å². The highest BCUT2D eigenvalue weighted by Gasteiger charge is 2.22. The zero-order valence-corrected chi connectivity index (χ0v) is 11.9. The molecule has 106 valence electrons. The van der Waals surface area contributed by atoms with E-state index in [-0.39, 0.29) is 0 Å². The molecule has 1 aliphatic rings. The number of hydrogen-bond acceptors (Lipinski definition) is 5. The summed E-state index contributed by atoms with van der Waals surface area (Å²) in [6, 6.07) is 0. The van der Waals surface area contributed by atoms with Gasteiger partial charge in [0.2, 0.25) is 5.95 Å². The minimum atomic E-state index is 0.727.